The summed E-state index contributed by atoms with van der Waals surface area (Å²) in [7, 11) is 3.67. The van der Waals surface area contributed by atoms with Gasteiger partial charge in [-0.1, -0.05) is 13.0 Å². The summed E-state index contributed by atoms with van der Waals surface area (Å²) < 4.78 is 5.09. The molecule has 0 aliphatic rings. The molecule has 0 aliphatic carbocycles. The van der Waals surface area contributed by atoms with Gasteiger partial charge in [0.1, 0.15) is 0 Å². The van der Waals surface area contributed by atoms with Gasteiger partial charge in [-0.15, -0.1) is 0 Å². The van der Waals surface area contributed by atoms with E-state index in [1.807, 2.05) is 12.1 Å². The maximum Gasteiger partial charge on any atom is 0.160 e. The lowest BCUT2D eigenvalue weighted by molar-refractivity contribution is 0.243. The Hall–Kier alpha value is -1.22. The summed E-state index contributed by atoms with van der Waals surface area (Å²) in [5, 5.41) is 9.49. The third-order valence-corrected chi connectivity index (χ3v) is 3.02. The molecule has 0 saturated heterocycles. The Labute approximate surface area is 97.7 Å². The van der Waals surface area contributed by atoms with Gasteiger partial charge in [0, 0.05) is 12.6 Å². The van der Waals surface area contributed by atoms with Crippen LogP contribution in [0.1, 0.15) is 25.8 Å². The average Bonchev–Trinajstić information content (AvgIpc) is 2.30. The highest BCUT2D eigenvalue weighted by Crippen LogP contribution is 2.26. The molecular formula is C13H21NO2. The minimum Gasteiger partial charge on any atom is -0.504 e. The number of methoxy groups -OCH3 is 1. The van der Waals surface area contributed by atoms with Crippen LogP contribution in [0.3, 0.4) is 0 Å². The Morgan fingerprint density at radius 2 is 2.12 bits per heavy atom. The second-order valence-electron chi connectivity index (χ2n) is 4.18. The van der Waals surface area contributed by atoms with E-state index in [1.54, 1.807) is 13.2 Å². The molecule has 0 spiro atoms. The fourth-order valence-electron chi connectivity index (χ4n) is 1.58. The van der Waals surface area contributed by atoms with E-state index in [0.717, 1.165) is 18.5 Å². The maximum absolute atomic E-state index is 9.49. The van der Waals surface area contributed by atoms with E-state index in [1.165, 1.54) is 0 Å². The Bertz CT molecular complexity index is 339. The van der Waals surface area contributed by atoms with Gasteiger partial charge in [0.05, 0.1) is 7.11 Å². The van der Waals surface area contributed by atoms with Crippen LogP contribution >= 0.6 is 0 Å². The van der Waals surface area contributed by atoms with E-state index in [4.69, 9.17) is 4.74 Å². The number of aromatic hydroxyl groups is 1. The zero-order valence-corrected chi connectivity index (χ0v) is 10.5. The van der Waals surface area contributed by atoms with E-state index in [0.29, 0.717) is 11.8 Å². The lowest BCUT2D eigenvalue weighted by Crippen LogP contribution is -2.27. The van der Waals surface area contributed by atoms with Crippen molar-refractivity contribution in [2.75, 3.05) is 14.2 Å². The Morgan fingerprint density at radius 1 is 1.44 bits per heavy atom. The number of ether oxygens (including phenoxy) is 1. The standard InChI is InChI=1S/C13H21NO2/c1-5-10(2)14(3)9-11-6-7-12(15)13(8-11)16-4/h6-8,10,15H,5,9H2,1-4H3. The molecule has 0 fully saturated rings. The van der Waals surface area contributed by atoms with Crippen molar-refractivity contribution in [3.63, 3.8) is 0 Å². The average molecular weight is 223 g/mol. The van der Waals surface area contributed by atoms with Crippen LogP contribution in [-0.2, 0) is 6.54 Å². The summed E-state index contributed by atoms with van der Waals surface area (Å²) >= 11 is 0. The van der Waals surface area contributed by atoms with Gasteiger partial charge < -0.3 is 9.84 Å². The first-order chi connectivity index (χ1) is 7.58. The number of benzene rings is 1. The van der Waals surface area contributed by atoms with Gasteiger partial charge in [0.2, 0.25) is 0 Å². The number of phenolic OH excluding ortho intramolecular Hbond substituents is 1. The van der Waals surface area contributed by atoms with E-state index in [9.17, 15) is 5.11 Å². The molecule has 0 aromatic heterocycles. The Balaban J connectivity index is 2.74. The molecule has 0 amide bonds. The van der Waals surface area contributed by atoms with Gasteiger partial charge in [0.25, 0.3) is 0 Å². The molecule has 3 nitrogen and oxygen atoms in total. The van der Waals surface area contributed by atoms with Crippen molar-refractivity contribution in [2.45, 2.75) is 32.9 Å². The Kier molecular flexibility index (Phi) is 4.62. The lowest BCUT2D eigenvalue weighted by Gasteiger charge is -2.23. The molecule has 0 radical (unpaired) electrons. The van der Waals surface area contributed by atoms with Crippen LogP contribution in [0.2, 0.25) is 0 Å². The van der Waals surface area contributed by atoms with Crippen LogP contribution in [0.4, 0.5) is 0 Å². The van der Waals surface area contributed by atoms with Gasteiger partial charge in [-0.25, -0.2) is 0 Å². The first-order valence-electron chi connectivity index (χ1n) is 5.64. The molecule has 3 heteroatoms. The molecule has 1 aromatic carbocycles. The van der Waals surface area contributed by atoms with Crippen molar-refractivity contribution in [1.82, 2.24) is 4.90 Å². The van der Waals surface area contributed by atoms with E-state index < -0.39 is 0 Å². The number of hydrogen-bond donors (Lipinski definition) is 1. The van der Waals surface area contributed by atoms with Crippen molar-refractivity contribution in [3.05, 3.63) is 23.8 Å². The molecule has 1 atom stereocenters. The molecule has 1 unspecified atom stereocenters. The van der Waals surface area contributed by atoms with Gasteiger partial charge in [-0.05, 0) is 38.1 Å². The van der Waals surface area contributed by atoms with Gasteiger partial charge >= 0.3 is 0 Å². The molecule has 0 saturated carbocycles. The van der Waals surface area contributed by atoms with Crippen molar-refractivity contribution in [3.8, 4) is 11.5 Å². The summed E-state index contributed by atoms with van der Waals surface area (Å²) in [6, 6.07) is 6.05. The largest absolute Gasteiger partial charge is 0.504 e. The van der Waals surface area contributed by atoms with Crippen LogP contribution < -0.4 is 4.74 Å². The molecule has 1 N–H and O–H groups in total. The predicted molar refractivity (Wildman–Crippen MR) is 65.9 cm³/mol. The first kappa shape index (κ1) is 12.8. The number of hydrogen-bond acceptors (Lipinski definition) is 3. The highest BCUT2D eigenvalue weighted by atomic mass is 16.5. The van der Waals surface area contributed by atoms with Crippen molar-refractivity contribution in [2.24, 2.45) is 0 Å². The first-order valence-corrected chi connectivity index (χ1v) is 5.64. The zero-order valence-electron chi connectivity index (χ0n) is 10.5. The lowest BCUT2D eigenvalue weighted by atomic mass is 10.1. The Morgan fingerprint density at radius 3 is 2.69 bits per heavy atom. The minimum atomic E-state index is 0.192. The van der Waals surface area contributed by atoms with Gasteiger partial charge in [-0.3, -0.25) is 4.90 Å². The molecule has 0 heterocycles. The molecule has 0 aliphatic heterocycles. The molecular weight excluding hydrogens is 202 g/mol. The van der Waals surface area contributed by atoms with Crippen molar-refractivity contribution in [1.29, 1.82) is 0 Å². The van der Waals surface area contributed by atoms with Crippen LogP contribution in [0, 0.1) is 0 Å². The predicted octanol–water partition coefficient (Wildman–Crippen LogP) is 2.63. The quantitative estimate of drug-likeness (QED) is 0.833. The molecule has 16 heavy (non-hydrogen) atoms. The molecule has 1 rings (SSSR count). The van der Waals surface area contributed by atoms with E-state index in [2.05, 4.69) is 25.8 Å². The third-order valence-electron chi connectivity index (χ3n) is 3.02. The minimum absolute atomic E-state index is 0.192. The second kappa shape index (κ2) is 5.75. The SMILES string of the molecule is CCC(C)N(C)Cc1ccc(O)c(OC)c1. The van der Waals surface area contributed by atoms with Crippen LogP contribution in [0.15, 0.2) is 18.2 Å². The zero-order chi connectivity index (χ0) is 12.1. The highest BCUT2D eigenvalue weighted by Gasteiger charge is 2.09. The highest BCUT2D eigenvalue weighted by molar-refractivity contribution is 5.41. The van der Waals surface area contributed by atoms with E-state index >= 15 is 0 Å². The monoisotopic (exact) mass is 223 g/mol. The fourth-order valence-corrected chi connectivity index (χ4v) is 1.58. The number of rotatable bonds is 5. The van der Waals surface area contributed by atoms with Gasteiger partial charge in [-0.2, -0.15) is 0 Å². The van der Waals surface area contributed by atoms with Crippen LogP contribution in [0.25, 0.3) is 0 Å². The topological polar surface area (TPSA) is 32.7 Å². The molecule has 90 valence electrons. The molecule has 1 aromatic rings. The van der Waals surface area contributed by atoms with Crippen LogP contribution in [0.5, 0.6) is 11.5 Å². The summed E-state index contributed by atoms with van der Waals surface area (Å²) in [6.07, 6.45) is 1.13. The molecule has 0 bridgehead atoms. The van der Waals surface area contributed by atoms with Gasteiger partial charge in [0.15, 0.2) is 11.5 Å². The number of phenols is 1. The van der Waals surface area contributed by atoms with Crippen molar-refractivity contribution < 1.29 is 9.84 Å². The summed E-state index contributed by atoms with van der Waals surface area (Å²) in [4.78, 5) is 2.28. The van der Waals surface area contributed by atoms with Crippen molar-refractivity contribution >= 4 is 0 Å². The third kappa shape index (κ3) is 3.14. The summed E-state index contributed by atoms with van der Waals surface area (Å²) in [5.74, 6) is 0.729. The summed E-state index contributed by atoms with van der Waals surface area (Å²) in [6.45, 7) is 5.25. The van der Waals surface area contributed by atoms with Crippen LogP contribution in [-0.4, -0.2) is 30.2 Å². The normalized spacial score (nSPS) is 12.8. The fraction of sp³-hybridized carbons (Fsp3) is 0.538. The smallest absolute Gasteiger partial charge is 0.160 e. The maximum atomic E-state index is 9.49. The number of nitrogens with zero attached hydrogens (tertiary/aromatic N) is 1. The summed E-state index contributed by atoms with van der Waals surface area (Å²) in [5.41, 5.74) is 1.15. The van der Waals surface area contributed by atoms with E-state index in [-0.39, 0.29) is 5.75 Å². The second-order valence-corrected chi connectivity index (χ2v) is 4.18.